The Morgan fingerprint density at radius 3 is 2.76 bits per heavy atom. The highest BCUT2D eigenvalue weighted by Crippen LogP contribution is 2.31. The Morgan fingerprint density at radius 2 is 2.10 bits per heavy atom. The lowest BCUT2D eigenvalue weighted by Crippen LogP contribution is -2.46. The molecule has 1 aromatic rings. The third-order valence-electron chi connectivity index (χ3n) is 3.52. The third-order valence-corrected chi connectivity index (χ3v) is 3.52. The zero-order valence-corrected chi connectivity index (χ0v) is 12.1. The Labute approximate surface area is 123 Å². The molecule has 0 aromatic heterocycles. The molecule has 0 bridgehead atoms. The van der Waals surface area contributed by atoms with E-state index < -0.39 is 12.0 Å². The van der Waals surface area contributed by atoms with E-state index in [9.17, 15) is 9.59 Å². The number of benzene rings is 1. The van der Waals surface area contributed by atoms with Crippen molar-refractivity contribution in [3.8, 4) is 5.75 Å². The van der Waals surface area contributed by atoms with Gasteiger partial charge in [-0.2, -0.15) is 0 Å². The SMILES string of the molecule is CC(C)C(CC(=O)O)NC(=O)NC1COc2ccccc21. The number of carbonyl (C=O) groups excluding carboxylic acids is 1. The molecule has 0 saturated heterocycles. The summed E-state index contributed by atoms with van der Waals surface area (Å²) in [5.74, 6) is -0.115. The van der Waals surface area contributed by atoms with Gasteiger partial charge in [-0.3, -0.25) is 4.79 Å². The monoisotopic (exact) mass is 292 g/mol. The third kappa shape index (κ3) is 3.87. The van der Waals surface area contributed by atoms with Gasteiger partial charge in [-0.05, 0) is 12.0 Å². The van der Waals surface area contributed by atoms with E-state index in [4.69, 9.17) is 9.84 Å². The molecule has 0 saturated carbocycles. The van der Waals surface area contributed by atoms with E-state index in [1.807, 2.05) is 38.1 Å². The van der Waals surface area contributed by atoms with E-state index in [2.05, 4.69) is 10.6 Å². The molecule has 21 heavy (non-hydrogen) atoms. The summed E-state index contributed by atoms with van der Waals surface area (Å²) >= 11 is 0. The average molecular weight is 292 g/mol. The molecule has 6 heteroatoms. The van der Waals surface area contributed by atoms with Crippen molar-refractivity contribution in [3.63, 3.8) is 0 Å². The van der Waals surface area contributed by atoms with Gasteiger partial charge in [-0.1, -0.05) is 32.0 Å². The van der Waals surface area contributed by atoms with Crippen molar-refractivity contribution in [1.82, 2.24) is 10.6 Å². The van der Waals surface area contributed by atoms with Crippen molar-refractivity contribution < 1.29 is 19.4 Å². The minimum absolute atomic E-state index is 0.0407. The van der Waals surface area contributed by atoms with Crippen LogP contribution in [0.25, 0.3) is 0 Å². The van der Waals surface area contributed by atoms with Crippen molar-refractivity contribution >= 4 is 12.0 Å². The number of ether oxygens (including phenoxy) is 1. The fourth-order valence-electron chi connectivity index (χ4n) is 2.29. The Kier molecular flexibility index (Phi) is 4.67. The molecular weight excluding hydrogens is 272 g/mol. The van der Waals surface area contributed by atoms with Crippen molar-refractivity contribution in [2.24, 2.45) is 5.92 Å². The molecule has 0 aliphatic carbocycles. The molecule has 6 nitrogen and oxygen atoms in total. The van der Waals surface area contributed by atoms with Crippen LogP contribution in [-0.2, 0) is 4.79 Å². The quantitative estimate of drug-likeness (QED) is 0.773. The van der Waals surface area contributed by atoms with Gasteiger partial charge < -0.3 is 20.5 Å². The molecule has 3 N–H and O–H groups in total. The molecule has 1 aromatic carbocycles. The first-order valence-electron chi connectivity index (χ1n) is 6.98. The van der Waals surface area contributed by atoms with Crippen LogP contribution < -0.4 is 15.4 Å². The highest BCUT2D eigenvalue weighted by molar-refractivity contribution is 5.76. The number of rotatable bonds is 5. The zero-order chi connectivity index (χ0) is 15.4. The van der Waals surface area contributed by atoms with Gasteiger partial charge in [-0.15, -0.1) is 0 Å². The summed E-state index contributed by atoms with van der Waals surface area (Å²) in [6.45, 7) is 4.14. The van der Waals surface area contributed by atoms with Gasteiger partial charge in [-0.25, -0.2) is 4.79 Å². The summed E-state index contributed by atoms with van der Waals surface area (Å²) in [6, 6.07) is 6.55. The van der Waals surface area contributed by atoms with Crippen LogP contribution in [0, 0.1) is 5.92 Å². The van der Waals surface area contributed by atoms with Crippen molar-refractivity contribution in [3.05, 3.63) is 29.8 Å². The number of carbonyl (C=O) groups is 2. The first kappa shape index (κ1) is 15.2. The lowest BCUT2D eigenvalue weighted by atomic mass is 10.0. The van der Waals surface area contributed by atoms with Crippen molar-refractivity contribution in [2.45, 2.75) is 32.4 Å². The van der Waals surface area contributed by atoms with Crippen LogP contribution in [0.4, 0.5) is 4.79 Å². The van der Waals surface area contributed by atoms with Gasteiger partial charge in [0.05, 0.1) is 12.5 Å². The summed E-state index contributed by atoms with van der Waals surface area (Å²) < 4.78 is 5.49. The predicted octanol–water partition coefficient (Wildman–Crippen LogP) is 1.92. The molecule has 1 aliphatic heterocycles. The number of urea groups is 1. The van der Waals surface area contributed by atoms with Crippen LogP contribution in [0.2, 0.25) is 0 Å². The Bertz CT molecular complexity index is 530. The Hall–Kier alpha value is -2.24. The van der Waals surface area contributed by atoms with E-state index in [0.717, 1.165) is 11.3 Å². The maximum Gasteiger partial charge on any atom is 0.315 e. The number of amides is 2. The van der Waals surface area contributed by atoms with Crippen LogP contribution in [0.1, 0.15) is 31.9 Å². The number of hydrogen-bond donors (Lipinski definition) is 3. The number of fused-ring (bicyclic) bond motifs is 1. The molecule has 0 fully saturated rings. The fraction of sp³-hybridized carbons (Fsp3) is 0.467. The van der Waals surface area contributed by atoms with Crippen LogP contribution in [0.5, 0.6) is 5.75 Å². The fourth-order valence-corrected chi connectivity index (χ4v) is 2.29. The number of carboxylic acids is 1. The van der Waals surface area contributed by atoms with Gasteiger partial charge in [0, 0.05) is 11.6 Å². The summed E-state index contributed by atoms with van der Waals surface area (Å²) in [6.07, 6.45) is -0.0944. The number of hydrogen-bond acceptors (Lipinski definition) is 3. The number of aliphatic carboxylic acids is 1. The first-order valence-corrected chi connectivity index (χ1v) is 6.98. The standard InChI is InChI=1S/C15H20N2O4/c1-9(2)11(7-14(18)19)16-15(20)17-12-8-21-13-6-4-3-5-10(12)13/h3-6,9,11-12H,7-8H2,1-2H3,(H,18,19)(H2,16,17,20). The van der Waals surface area contributed by atoms with Gasteiger partial charge in [0.2, 0.25) is 0 Å². The van der Waals surface area contributed by atoms with Crippen LogP contribution in [0.3, 0.4) is 0 Å². The van der Waals surface area contributed by atoms with E-state index >= 15 is 0 Å². The maximum atomic E-state index is 12.0. The van der Waals surface area contributed by atoms with Crippen LogP contribution in [0.15, 0.2) is 24.3 Å². The second kappa shape index (κ2) is 6.47. The molecule has 2 amide bonds. The van der Waals surface area contributed by atoms with Gasteiger partial charge in [0.25, 0.3) is 0 Å². The number of para-hydroxylation sites is 1. The van der Waals surface area contributed by atoms with E-state index in [0.29, 0.717) is 6.61 Å². The molecule has 2 rings (SSSR count). The predicted molar refractivity (Wildman–Crippen MR) is 77.2 cm³/mol. The highest BCUT2D eigenvalue weighted by atomic mass is 16.5. The lowest BCUT2D eigenvalue weighted by molar-refractivity contribution is -0.137. The molecule has 1 heterocycles. The molecule has 114 valence electrons. The molecule has 2 unspecified atom stereocenters. The second-order valence-corrected chi connectivity index (χ2v) is 5.47. The van der Waals surface area contributed by atoms with Crippen molar-refractivity contribution in [2.75, 3.05) is 6.61 Å². The normalized spacial score (nSPS) is 17.8. The molecule has 2 atom stereocenters. The largest absolute Gasteiger partial charge is 0.491 e. The van der Waals surface area contributed by atoms with Gasteiger partial charge in [0.15, 0.2) is 0 Å². The number of nitrogens with one attached hydrogen (secondary N) is 2. The summed E-state index contributed by atoms with van der Waals surface area (Å²) in [7, 11) is 0. The molecule has 0 spiro atoms. The first-order chi connectivity index (χ1) is 9.97. The number of carboxylic acid groups (broad SMARTS) is 1. The second-order valence-electron chi connectivity index (χ2n) is 5.47. The molecule has 1 aliphatic rings. The van der Waals surface area contributed by atoms with E-state index in [-0.39, 0.29) is 24.4 Å². The summed E-state index contributed by atoms with van der Waals surface area (Å²) in [5.41, 5.74) is 0.937. The molecule has 0 radical (unpaired) electrons. The Morgan fingerprint density at radius 1 is 1.38 bits per heavy atom. The van der Waals surface area contributed by atoms with Crippen molar-refractivity contribution in [1.29, 1.82) is 0 Å². The highest BCUT2D eigenvalue weighted by Gasteiger charge is 2.26. The Balaban J connectivity index is 1.94. The smallest absolute Gasteiger partial charge is 0.315 e. The average Bonchev–Trinajstić information content (AvgIpc) is 2.81. The maximum absolute atomic E-state index is 12.0. The van der Waals surface area contributed by atoms with Gasteiger partial charge >= 0.3 is 12.0 Å². The lowest BCUT2D eigenvalue weighted by Gasteiger charge is -2.22. The van der Waals surface area contributed by atoms with E-state index in [1.165, 1.54) is 0 Å². The zero-order valence-electron chi connectivity index (χ0n) is 12.1. The van der Waals surface area contributed by atoms with E-state index in [1.54, 1.807) is 0 Å². The minimum Gasteiger partial charge on any atom is -0.491 e. The molecular formula is C15H20N2O4. The van der Waals surface area contributed by atoms with Crippen LogP contribution >= 0.6 is 0 Å². The van der Waals surface area contributed by atoms with Crippen LogP contribution in [-0.4, -0.2) is 29.8 Å². The topological polar surface area (TPSA) is 87.7 Å². The summed E-state index contributed by atoms with van der Waals surface area (Å²) in [5, 5.41) is 14.4. The minimum atomic E-state index is -0.927. The van der Waals surface area contributed by atoms with Gasteiger partial charge in [0.1, 0.15) is 12.4 Å². The summed E-state index contributed by atoms with van der Waals surface area (Å²) in [4.78, 5) is 22.8.